The van der Waals surface area contributed by atoms with Gasteiger partial charge in [-0.05, 0) is 40.5 Å². The first kappa shape index (κ1) is 10.2. The molecule has 0 aromatic heterocycles. The quantitative estimate of drug-likeness (QED) is 0.627. The molecule has 1 aliphatic heterocycles. The van der Waals surface area contributed by atoms with Crippen LogP contribution in [-0.4, -0.2) is 24.9 Å². The maximum absolute atomic E-state index is 11.9. The summed E-state index contributed by atoms with van der Waals surface area (Å²) < 4.78 is 11.4. The van der Waals surface area contributed by atoms with E-state index < -0.39 is 10.8 Å². The largest absolute Gasteiger partial charge is 0.393 e. The molecule has 1 rings (SSSR count). The van der Waals surface area contributed by atoms with E-state index in [0.717, 1.165) is 0 Å². The number of aliphatic hydroxyl groups is 1. The molecule has 0 bridgehead atoms. The zero-order valence-corrected chi connectivity index (χ0v) is 9.07. The lowest BCUT2D eigenvalue weighted by molar-refractivity contribution is 0.124. The summed E-state index contributed by atoms with van der Waals surface area (Å²) in [4.78, 5) is 0. The molecule has 0 atom stereocenters. The molecule has 1 N–H and O–H groups in total. The Morgan fingerprint density at radius 2 is 1.50 bits per heavy atom. The van der Waals surface area contributed by atoms with E-state index in [4.69, 9.17) is 0 Å². The van der Waals surface area contributed by atoms with Crippen LogP contribution in [0.2, 0.25) is 0 Å². The molecule has 2 nitrogen and oxygen atoms in total. The van der Waals surface area contributed by atoms with E-state index in [1.807, 2.05) is 27.7 Å². The van der Waals surface area contributed by atoms with Gasteiger partial charge in [0.15, 0.2) is 0 Å². The lowest BCUT2D eigenvalue weighted by Crippen LogP contribution is -2.49. The highest BCUT2D eigenvalue weighted by atomic mass is 32.2. The van der Waals surface area contributed by atoms with Gasteiger partial charge in [-0.2, -0.15) is 0 Å². The van der Waals surface area contributed by atoms with Gasteiger partial charge in [-0.15, -0.1) is 0 Å². The van der Waals surface area contributed by atoms with Gasteiger partial charge >= 0.3 is 0 Å². The minimum Gasteiger partial charge on any atom is -0.393 e. The molecule has 0 unspecified atom stereocenters. The Balaban J connectivity index is 2.91. The zero-order valence-electron chi connectivity index (χ0n) is 8.26. The van der Waals surface area contributed by atoms with Crippen LogP contribution in [0.25, 0.3) is 0 Å². The molecule has 0 radical (unpaired) electrons. The first-order valence-electron chi connectivity index (χ1n) is 4.36. The number of hydrogen-bond donors (Lipinski definition) is 1. The fraction of sp³-hybridized carbons (Fsp3) is 1.00. The van der Waals surface area contributed by atoms with Crippen LogP contribution in [0, 0.1) is 0 Å². The molecule has 3 heteroatoms. The van der Waals surface area contributed by atoms with Crippen molar-refractivity contribution in [1.29, 1.82) is 0 Å². The molecule has 0 aromatic rings. The van der Waals surface area contributed by atoms with E-state index in [9.17, 15) is 9.32 Å². The second-order valence-corrected chi connectivity index (χ2v) is 7.60. The Morgan fingerprint density at radius 1 is 1.17 bits per heavy atom. The summed E-state index contributed by atoms with van der Waals surface area (Å²) in [5.74, 6) is 0. The van der Waals surface area contributed by atoms with Crippen LogP contribution in [-0.2, 0) is 10.8 Å². The summed E-state index contributed by atoms with van der Waals surface area (Å²) in [6.45, 7) is 7.86. The lowest BCUT2D eigenvalue weighted by atomic mass is 9.95. The van der Waals surface area contributed by atoms with Crippen LogP contribution in [0.4, 0.5) is 0 Å². The van der Waals surface area contributed by atoms with Gasteiger partial charge in [0.2, 0.25) is 0 Å². The maximum atomic E-state index is 11.9. The first-order valence-corrected chi connectivity index (χ1v) is 5.51. The Morgan fingerprint density at radius 3 is 1.83 bits per heavy atom. The molecule has 0 saturated carbocycles. The first-order chi connectivity index (χ1) is 5.26. The molecule has 1 saturated heterocycles. The molecule has 1 aliphatic rings. The van der Waals surface area contributed by atoms with E-state index >= 15 is 0 Å². The van der Waals surface area contributed by atoms with Crippen molar-refractivity contribution >= 4 is 10.8 Å². The van der Waals surface area contributed by atoms with Gasteiger partial charge in [0.1, 0.15) is 0 Å². The van der Waals surface area contributed by atoms with Crippen LogP contribution in [0.3, 0.4) is 0 Å². The van der Waals surface area contributed by atoms with Crippen molar-refractivity contribution in [2.75, 3.05) is 0 Å². The third kappa shape index (κ3) is 1.72. The Bertz CT molecular complexity index is 189. The van der Waals surface area contributed by atoms with Crippen LogP contribution in [0.5, 0.6) is 0 Å². The Kier molecular flexibility index (Phi) is 2.39. The normalized spacial score (nSPS) is 39.4. The number of rotatable bonds is 0. The van der Waals surface area contributed by atoms with E-state index in [0.29, 0.717) is 12.8 Å². The van der Waals surface area contributed by atoms with Gasteiger partial charge in [-0.25, -0.2) is 0 Å². The van der Waals surface area contributed by atoms with Gasteiger partial charge in [0.05, 0.1) is 6.10 Å². The third-order valence-electron chi connectivity index (χ3n) is 2.46. The van der Waals surface area contributed by atoms with Gasteiger partial charge in [0, 0.05) is 20.3 Å². The molecule has 0 spiro atoms. The summed E-state index contributed by atoms with van der Waals surface area (Å²) in [5, 5.41) is 9.56. The van der Waals surface area contributed by atoms with Gasteiger partial charge in [-0.1, -0.05) is 0 Å². The highest BCUT2D eigenvalue weighted by molar-refractivity contribution is 7.87. The van der Waals surface area contributed by atoms with Crippen molar-refractivity contribution in [3.05, 3.63) is 0 Å². The summed E-state index contributed by atoms with van der Waals surface area (Å²) in [5.41, 5.74) is 0. The van der Waals surface area contributed by atoms with Crippen LogP contribution >= 0.6 is 0 Å². The van der Waals surface area contributed by atoms with Crippen molar-refractivity contribution in [1.82, 2.24) is 0 Å². The summed E-state index contributed by atoms with van der Waals surface area (Å²) in [6.07, 6.45) is 1.03. The van der Waals surface area contributed by atoms with Gasteiger partial charge in [-0.3, -0.25) is 4.21 Å². The van der Waals surface area contributed by atoms with Crippen molar-refractivity contribution < 1.29 is 9.32 Å². The third-order valence-corrected chi connectivity index (χ3v) is 4.80. The second-order valence-electron chi connectivity index (χ2n) is 4.85. The summed E-state index contributed by atoms with van der Waals surface area (Å²) >= 11 is 0. The average Bonchev–Trinajstić information content (AvgIpc) is 1.80. The monoisotopic (exact) mass is 190 g/mol. The highest BCUT2D eigenvalue weighted by Gasteiger charge is 2.44. The fourth-order valence-electron chi connectivity index (χ4n) is 2.11. The van der Waals surface area contributed by atoms with Crippen LogP contribution in [0.15, 0.2) is 0 Å². The number of aliphatic hydroxyl groups excluding tert-OH is 1. The van der Waals surface area contributed by atoms with Crippen molar-refractivity contribution in [2.45, 2.75) is 56.1 Å². The standard InChI is InChI=1S/C9H18O2S/c1-8(2)5-7(10)6-9(3,4)12(8)11/h7,10H,5-6H2,1-4H3. The summed E-state index contributed by atoms with van der Waals surface area (Å²) in [7, 11) is -0.842. The zero-order chi connectivity index (χ0) is 9.57. The minimum atomic E-state index is -0.842. The molecule has 1 heterocycles. The second kappa shape index (κ2) is 2.81. The fourth-order valence-corrected chi connectivity index (χ4v) is 4.29. The van der Waals surface area contributed by atoms with Crippen molar-refractivity contribution in [2.24, 2.45) is 0 Å². The molecule has 12 heavy (non-hydrogen) atoms. The molecular weight excluding hydrogens is 172 g/mol. The molecule has 0 aromatic carbocycles. The molecule has 0 aliphatic carbocycles. The predicted molar refractivity (Wildman–Crippen MR) is 51.5 cm³/mol. The average molecular weight is 190 g/mol. The van der Waals surface area contributed by atoms with E-state index in [2.05, 4.69) is 0 Å². The molecule has 1 fully saturated rings. The SMILES string of the molecule is CC1(C)CC(O)CC(C)(C)S1=O. The van der Waals surface area contributed by atoms with Crippen LogP contribution < -0.4 is 0 Å². The molecule has 0 amide bonds. The smallest absolute Gasteiger partial charge is 0.0568 e. The number of hydrogen-bond acceptors (Lipinski definition) is 2. The van der Waals surface area contributed by atoms with Crippen molar-refractivity contribution in [3.8, 4) is 0 Å². The molecule has 72 valence electrons. The summed E-state index contributed by atoms with van der Waals surface area (Å²) in [6, 6.07) is 0. The van der Waals surface area contributed by atoms with E-state index in [1.165, 1.54) is 0 Å². The topological polar surface area (TPSA) is 37.3 Å². The van der Waals surface area contributed by atoms with Crippen molar-refractivity contribution in [3.63, 3.8) is 0 Å². The Labute approximate surface area is 76.8 Å². The Hall–Kier alpha value is 0.110. The van der Waals surface area contributed by atoms with E-state index in [-0.39, 0.29) is 15.6 Å². The highest BCUT2D eigenvalue weighted by Crippen LogP contribution is 2.38. The van der Waals surface area contributed by atoms with E-state index in [1.54, 1.807) is 0 Å². The van der Waals surface area contributed by atoms with Gasteiger partial charge < -0.3 is 5.11 Å². The van der Waals surface area contributed by atoms with Gasteiger partial charge in [0.25, 0.3) is 0 Å². The van der Waals surface area contributed by atoms with Crippen LogP contribution in [0.1, 0.15) is 40.5 Å². The molecular formula is C9H18O2S. The predicted octanol–water partition coefficient (Wildman–Crippen LogP) is 1.45. The lowest BCUT2D eigenvalue weighted by Gasteiger charge is -2.42. The minimum absolute atomic E-state index is 0.235. The maximum Gasteiger partial charge on any atom is 0.0568 e.